The molecule has 1 amide bonds. The molecule has 1 aromatic carbocycles. The van der Waals surface area contributed by atoms with Crippen LogP contribution in [-0.2, 0) is 9.53 Å². The molecule has 1 aromatic rings. The van der Waals surface area contributed by atoms with Gasteiger partial charge in [-0.1, -0.05) is 30.7 Å². The van der Waals surface area contributed by atoms with E-state index in [0.717, 1.165) is 18.1 Å². The average Bonchev–Trinajstić information content (AvgIpc) is 2.33. The number of rotatable bonds is 5. The van der Waals surface area contributed by atoms with Gasteiger partial charge >= 0.3 is 0 Å². The predicted molar refractivity (Wildman–Crippen MR) is 74.1 cm³/mol. The summed E-state index contributed by atoms with van der Waals surface area (Å²) in [6, 6.07) is 7.54. The fraction of sp³-hybridized carbons (Fsp3) is 0.462. The molecule has 0 aliphatic carbocycles. The Morgan fingerprint density at radius 1 is 1.50 bits per heavy atom. The van der Waals surface area contributed by atoms with Gasteiger partial charge in [0.2, 0.25) is 5.91 Å². The Bertz CT molecular complexity index is 435. The molecule has 0 saturated carbocycles. The Morgan fingerprint density at radius 2 is 2.22 bits per heavy atom. The molecule has 18 heavy (non-hydrogen) atoms. The summed E-state index contributed by atoms with van der Waals surface area (Å²) in [5, 5.41) is 3.62. The highest BCUT2D eigenvalue weighted by Gasteiger charge is 2.33. The Kier molecular flexibility index (Phi) is 4.54. The predicted octanol–water partition coefficient (Wildman–Crippen LogP) is 2.58. The lowest BCUT2D eigenvalue weighted by atomic mass is 9.89. The maximum Gasteiger partial charge on any atom is 0.230 e. The summed E-state index contributed by atoms with van der Waals surface area (Å²) in [6.45, 7) is 4.24. The fourth-order valence-corrected chi connectivity index (χ4v) is 2.69. The van der Waals surface area contributed by atoms with Crippen molar-refractivity contribution in [3.05, 3.63) is 29.3 Å². The lowest BCUT2D eigenvalue weighted by Gasteiger charge is -2.38. The number of nitrogens with one attached hydrogen (secondary N) is 1. The minimum Gasteiger partial charge on any atom is -0.380 e. The number of carbonyl (C=O) groups is 1. The fourth-order valence-electron chi connectivity index (χ4n) is 1.62. The van der Waals surface area contributed by atoms with Crippen LogP contribution in [0.1, 0.15) is 6.92 Å². The van der Waals surface area contributed by atoms with Gasteiger partial charge in [-0.25, -0.2) is 0 Å². The highest BCUT2D eigenvalue weighted by Crippen LogP contribution is 2.27. The molecule has 1 heterocycles. The Labute approximate surface area is 116 Å². The standard InChI is InChI=1S/C13H16ClNO2S/c1-13(8-17-9-13)7-15-12(16)6-18-11-5-3-2-4-10(11)14/h2-5H,6-9H2,1H3,(H,15,16). The maximum absolute atomic E-state index is 11.7. The molecule has 1 fully saturated rings. The van der Waals surface area contributed by atoms with Crippen molar-refractivity contribution in [1.29, 1.82) is 0 Å². The molecule has 1 saturated heterocycles. The van der Waals surface area contributed by atoms with Crippen molar-refractivity contribution in [3.63, 3.8) is 0 Å². The van der Waals surface area contributed by atoms with Crippen LogP contribution in [0.2, 0.25) is 5.02 Å². The zero-order valence-corrected chi connectivity index (χ0v) is 11.8. The average molecular weight is 286 g/mol. The lowest BCUT2D eigenvalue weighted by Crippen LogP contribution is -2.48. The van der Waals surface area contributed by atoms with Gasteiger partial charge in [0.25, 0.3) is 0 Å². The largest absolute Gasteiger partial charge is 0.380 e. The first-order valence-electron chi connectivity index (χ1n) is 5.81. The second-order valence-electron chi connectivity index (χ2n) is 4.80. The molecule has 0 atom stereocenters. The van der Waals surface area contributed by atoms with Crippen LogP contribution in [0.3, 0.4) is 0 Å². The van der Waals surface area contributed by atoms with Crippen LogP contribution in [0.4, 0.5) is 0 Å². The van der Waals surface area contributed by atoms with Crippen molar-refractivity contribution in [1.82, 2.24) is 5.32 Å². The smallest absolute Gasteiger partial charge is 0.230 e. The molecule has 0 radical (unpaired) electrons. The third kappa shape index (κ3) is 3.64. The van der Waals surface area contributed by atoms with E-state index in [9.17, 15) is 4.79 Å². The number of carbonyl (C=O) groups excluding carboxylic acids is 1. The number of benzene rings is 1. The topological polar surface area (TPSA) is 38.3 Å². The molecule has 98 valence electrons. The van der Waals surface area contributed by atoms with Crippen LogP contribution in [-0.4, -0.2) is 31.4 Å². The van der Waals surface area contributed by atoms with Crippen LogP contribution in [0.15, 0.2) is 29.2 Å². The Balaban J connectivity index is 1.73. The minimum absolute atomic E-state index is 0.0352. The summed E-state index contributed by atoms with van der Waals surface area (Å²) in [4.78, 5) is 12.6. The minimum atomic E-state index is 0.0352. The molecule has 0 spiro atoms. The van der Waals surface area contributed by atoms with E-state index in [-0.39, 0.29) is 11.3 Å². The van der Waals surface area contributed by atoms with Crippen molar-refractivity contribution in [2.24, 2.45) is 5.41 Å². The molecule has 1 N–H and O–H groups in total. The van der Waals surface area contributed by atoms with Crippen LogP contribution in [0.25, 0.3) is 0 Å². The van der Waals surface area contributed by atoms with Gasteiger partial charge in [0.1, 0.15) is 0 Å². The molecular formula is C13H16ClNO2S. The van der Waals surface area contributed by atoms with Gasteiger partial charge in [-0.2, -0.15) is 0 Å². The van der Waals surface area contributed by atoms with Gasteiger partial charge in [-0.3, -0.25) is 4.79 Å². The van der Waals surface area contributed by atoms with Gasteiger partial charge in [0.05, 0.1) is 24.0 Å². The van der Waals surface area contributed by atoms with E-state index < -0.39 is 0 Å². The van der Waals surface area contributed by atoms with Crippen LogP contribution in [0.5, 0.6) is 0 Å². The van der Waals surface area contributed by atoms with E-state index in [1.807, 2.05) is 24.3 Å². The summed E-state index contributed by atoms with van der Waals surface area (Å²) in [5.74, 6) is 0.425. The lowest BCUT2D eigenvalue weighted by molar-refractivity contribution is -0.124. The highest BCUT2D eigenvalue weighted by atomic mass is 35.5. The van der Waals surface area contributed by atoms with E-state index >= 15 is 0 Å². The molecule has 5 heteroatoms. The van der Waals surface area contributed by atoms with Crippen molar-refractivity contribution < 1.29 is 9.53 Å². The summed E-state index contributed by atoms with van der Waals surface area (Å²) >= 11 is 7.48. The second-order valence-corrected chi connectivity index (χ2v) is 6.22. The highest BCUT2D eigenvalue weighted by molar-refractivity contribution is 8.00. The van der Waals surface area contributed by atoms with Crippen LogP contribution < -0.4 is 5.32 Å². The van der Waals surface area contributed by atoms with E-state index in [2.05, 4.69) is 12.2 Å². The number of hydrogen-bond acceptors (Lipinski definition) is 3. The van der Waals surface area contributed by atoms with E-state index in [4.69, 9.17) is 16.3 Å². The number of amides is 1. The first-order chi connectivity index (χ1) is 8.59. The normalized spacial score (nSPS) is 17.0. The third-order valence-corrected chi connectivity index (χ3v) is 4.32. The van der Waals surface area contributed by atoms with Gasteiger partial charge in [-0.15, -0.1) is 11.8 Å². The summed E-state index contributed by atoms with van der Waals surface area (Å²) in [7, 11) is 0. The quantitative estimate of drug-likeness (QED) is 0.845. The Morgan fingerprint density at radius 3 is 2.83 bits per heavy atom. The zero-order valence-electron chi connectivity index (χ0n) is 10.2. The van der Waals surface area contributed by atoms with Crippen molar-refractivity contribution in [3.8, 4) is 0 Å². The van der Waals surface area contributed by atoms with Gasteiger partial charge in [0.15, 0.2) is 0 Å². The van der Waals surface area contributed by atoms with Crippen molar-refractivity contribution in [2.45, 2.75) is 11.8 Å². The first-order valence-corrected chi connectivity index (χ1v) is 7.17. The molecule has 3 nitrogen and oxygen atoms in total. The van der Waals surface area contributed by atoms with Crippen LogP contribution >= 0.6 is 23.4 Å². The van der Waals surface area contributed by atoms with Crippen molar-refractivity contribution in [2.75, 3.05) is 25.5 Å². The zero-order chi connectivity index (χ0) is 13.0. The molecule has 2 rings (SSSR count). The SMILES string of the molecule is CC1(CNC(=O)CSc2ccccc2Cl)COC1. The van der Waals surface area contributed by atoms with E-state index in [1.54, 1.807) is 0 Å². The van der Waals surface area contributed by atoms with Crippen LogP contribution in [0, 0.1) is 5.41 Å². The maximum atomic E-state index is 11.7. The van der Waals surface area contributed by atoms with Gasteiger partial charge in [0, 0.05) is 16.9 Å². The van der Waals surface area contributed by atoms with E-state index in [0.29, 0.717) is 17.3 Å². The van der Waals surface area contributed by atoms with Crippen molar-refractivity contribution >= 4 is 29.3 Å². The number of hydrogen-bond donors (Lipinski definition) is 1. The monoisotopic (exact) mass is 285 g/mol. The van der Waals surface area contributed by atoms with E-state index in [1.165, 1.54) is 11.8 Å². The number of thioether (sulfide) groups is 1. The summed E-state index contributed by atoms with van der Waals surface area (Å²) < 4.78 is 5.14. The number of ether oxygens (including phenoxy) is 1. The first kappa shape index (κ1) is 13.7. The molecule has 0 aromatic heterocycles. The number of halogens is 1. The summed E-state index contributed by atoms with van der Waals surface area (Å²) in [6.07, 6.45) is 0. The molecule has 0 unspecified atom stereocenters. The second kappa shape index (κ2) is 5.95. The summed E-state index contributed by atoms with van der Waals surface area (Å²) in [5.41, 5.74) is 0.116. The van der Waals surface area contributed by atoms with Gasteiger partial charge < -0.3 is 10.1 Å². The molecule has 1 aliphatic rings. The molecular weight excluding hydrogens is 270 g/mol. The molecule has 0 bridgehead atoms. The molecule has 1 aliphatic heterocycles. The third-order valence-electron chi connectivity index (χ3n) is 2.81. The van der Waals surface area contributed by atoms with Gasteiger partial charge in [-0.05, 0) is 12.1 Å². The Hall–Kier alpha value is -0.710.